The Bertz CT molecular complexity index is 6460. The Morgan fingerprint density at radius 3 is 1.47 bits per heavy atom. The predicted molar refractivity (Wildman–Crippen MR) is 502 cm³/mol. The molecule has 129 heavy (non-hydrogen) atoms. The van der Waals surface area contributed by atoms with Gasteiger partial charge in [0, 0.05) is 98.6 Å². The number of imide groups is 2. The average Bonchev–Trinajstić information content (AvgIpc) is 1.56. The van der Waals surface area contributed by atoms with Crippen LogP contribution in [0.5, 0.6) is 0 Å². The summed E-state index contributed by atoms with van der Waals surface area (Å²) in [6.07, 6.45) is 2.59. The summed E-state index contributed by atoms with van der Waals surface area (Å²) in [5.74, 6) is -1.65. The molecule has 12 aromatic rings. The van der Waals surface area contributed by atoms with Gasteiger partial charge in [-0.3, -0.25) is 4.79 Å². The number of benzene rings is 8. The minimum absolute atomic E-state index is 0. The van der Waals surface area contributed by atoms with Gasteiger partial charge >= 0.3 is 41.3 Å². The van der Waals surface area contributed by atoms with Gasteiger partial charge in [0.1, 0.15) is 38.5 Å². The van der Waals surface area contributed by atoms with Crippen LogP contribution in [0.4, 0.5) is 28.4 Å². The molecular formula is C82H52Cl19CuF3N16O8. The largest absolute Gasteiger partial charge is 2.00 e. The van der Waals surface area contributed by atoms with Crippen molar-refractivity contribution >= 4 is 312 Å². The van der Waals surface area contributed by atoms with Gasteiger partial charge in [0.05, 0.1) is 134 Å². The molecule has 673 valence electrons. The molecular weight excluding hydrogens is 2130 g/mol. The Balaban J connectivity index is 0.000000173. The van der Waals surface area contributed by atoms with Crippen LogP contribution in [0.1, 0.15) is 75.3 Å². The van der Waals surface area contributed by atoms with Gasteiger partial charge in [-0.15, -0.1) is 0 Å². The SMILES string of the molecule is CC(C)NC(=O)N1CC(=O)N(c2cc(Cl)cc(Cl)c2)C1=O.CC1(C)CC/C(=C\c2ccc(Cl)cc2)C1(O)Cn1cncn1.CO/N=C(\C(=O)OC)c1ccccc1CO/N=C(\C)c1cccc(C(F)(F)F)c1.Clc1c(Cl)c(Cl)c2c(c1Cl)-c1nc-2nc2[n-]c(nc3nc(nc4[n-]c(n1)c1c(Cl)c(Cl)c(Cl)c(Cl)c41)-c1c(Cl)c(Cl)c(Cl)c(Cl)c1-3)c1c(Cl)c(Cl)c(Cl)c(Cl)c21.[Cu+2]. The number of nitrogens with zero attached hydrogens (tertiary/aromatic N) is 15. The first kappa shape index (κ1) is 101. The molecule has 5 amide bonds. The van der Waals surface area contributed by atoms with E-state index in [1.807, 2.05) is 24.3 Å². The monoisotopic (exact) mass is 2170 g/mol. The van der Waals surface area contributed by atoms with E-state index in [-0.39, 0.29) is 234 Å². The summed E-state index contributed by atoms with van der Waals surface area (Å²) in [6, 6.07) is 22.1. The third kappa shape index (κ3) is 20.2. The number of nitrogens with one attached hydrogen (secondary N) is 1. The van der Waals surface area contributed by atoms with E-state index in [2.05, 4.69) is 65.6 Å². The number of rotatable bonds is 12. The second-order valence-corrected chi connectivity index (χ2v) is 36.1. The first-order valence-electron chi connectivity index (χ1n) is 36.6. The number of methoxy groups -OCH3 is 1. The van der Waals surface area contributed by atoms with Crippen molar-refractivity contribution in [3.63, 3.8) is 0 Å². The number of hydrogen-bond donors (Lipinski definition) is 2. The Morgan fingerprint density at radius 1 is 0.589 bits per heavy atom. The number of aromatic nitrogens is 11. The van der Waals surface area contributed by atoms with Crippen LogP contribution in [-0.4, -0.2) is 122 Å². The van der Waals surface area contributed by atoms with Gasteiger partial charge in [0.2, 0.25) is 0 Å². The fraction of sp³-hybridized carbons (Fsp3) is 0.195. The molecule has 3 aliphatic heterocycles. The van der Waals surface area contributed by atoms with Gasteiger partial charge in [-0.1, -0.05) is 299 Å². The topological polar surface area (TPSA) is 296 Å². The molecule has 8 bridgehead atoms. The van der Waals surface area contributed by atoms with Crippen LogP contribution < -0.4 is 20.2 Å². The van der Waals surface area contributed by atoms with E-state index in [1.54, 1.807) is 49.1 Å². The number of ether oxygens (including phenoxy) is 1. The van der Waals surface area contributed by atoms with Crippen LogP contribution in [0.3, 0.4) is 0 Å². The summed E-state index contributed by atoms with van der Waals surface area (Å²) < 4.78 is 45.0. The summed E-state index contributed by atoms with van der Waals surface area (Å²) in [5.41, 5.74) is 1.91. The number of alkyl halides is 3. The predicted octanol–water partition coefficient (Wildman–Crippen LogP) is 27.2. The maximum Gasteiger partial charge on any atom is 2.00 e. The Labute approximate surface area is 835 Å². The maximum absolute atomic E-state index is 12.9. The summed E-state index contributed by atoms with van der Waals surface area (Å²) in [6.45, 7) is 9.31. The van der Waals surface area contributed by atoms with Crippen molar-refractivity contribution in [2.75, 3.05) is 25.7 Å². The van der Waals surface area contributed by atoms with Crippen molar-refractivity contribution in [2.24, 2.45) is 15.7 Å². The molecule has 8 aromatic carbocycles. The normalized spacial score (nSPS) is 15.0. The molecule has 4 aliphatic rings. The summed E-state index contributed by atoms with van der Waals surface area (Å²) in [5, 5.41) is 25.9. The molecule has 0 spiro atoms. The molecule has 1 aliphatic carbocycles. The molecule has 1 saturated heterocycles. The summed E-state index contributed by atoms with van der Waals surface area (Å²) in [7, 11) is 2.51. The molecule has 47 heteroatoms. The molecule has 1 radical (unpaired) electrons. The molecule has 2 fully saturated rings. The van der Waals surface area contributed by atoms with Crippen molar-refractivity contribution in [3.05, 3.63) is 232 Å². The van der Waals surface area contributed by atoms with Crippen molar-refractivity contribution in [2.45, 2.75) is 78.4 Å². The first-order valence-corrected chi connectivity index (χ1v) is 43.8. The third-order valence-electron chi connectivity index (χ3n) is 19.9. The quantitative estimate of drug-likeness (QED) is 0.0218. The number of halogens is 22. The van der Waals surface area contributed by atoms with Crippen molar-refractivity contribution in [3.8, 4) is 45.6 Å². The molecule has 7 heterocycles. The summed E-state index contributed by atoms with van der Waals surface area (Å²) in [4.78, 5) is 101. The van der Waals surface area contributed by atoms with E-state index in [9.17, 15) is 37.5 Å². The molecule has 16 rings (SSSR count). The van der Waals surface area contributed by atoms with Crippen molar-refractivity contribution in [1.82, 2.24) is 64.9 Å². The van der Waals surface area contributed by atoms with E-state index >= 15 is 0 Å². The Morgan fingerprint density at radius 2 is 1.05 bits per heavy atom. The number of amides is 5. The van der Waals surface area contributed by atoms with Gasteiger partial charge in [0.15, 0.2) is 5.71 Å². The number of aliphatic hydroxyl groups is 1. The third-order valence-corrected chi connectivity index (χ3v) is 27.8. The van der Waals surface area contributed by atoms with E-state index < -0.39 is 41.3 Å². The zero-order valence-electron chi connectivity index (χ0n) is 66.1. The number of hydrogen-bond acceptors (Lipinski definition) is 18. The number of carbonyl (C=O) groups excluding carboxylic acids is 4. The first-order chi connectivity index (χ1) is 60.4. The van der Waals surface area contributed by atoms with E-state index in [4.69, 9.17) is 255 Å². The Kier molecular flexibility index (Phi) is 31.8. The van der Waals surface area contributed by atoms with Gasteiger partial charge in [0.25, 0.3) is 5.91 Å². The van der Waals surface area contributed by atoms with Crippen molar-refractivity contribution < 1.29 is 68.9 Å². The van der Waals surface area contributed by atoms with Crippen molar-refractivity contribution in [1.29, 1.82) is 0 Å². The van der Waals surface area contributed by atoms with E-state index in [0.29, 0.717) is 32.7 Å². The molecule has 4 aromatic heterocycles. The van der Waals surface area contributed by atoms with Crippen LogP contribution in [0, 0.1) is 5.41 Å². The van der Waals surface area contributed by atoms with E-state index in [0.717, 1.165) is 45.9 Å². The number of oxime groups is 2. The number of urea groups is 2. The van der Waals surface area contributed by atoms with Crippen LogP contribution in [-0.2, 0) is 60.4 Å². The minimum atomic E-state index is -4.44. The zero-order valence-corrected chi connectivity index (χ0v) is 81.4. The van der Waals surface area contributed by atoms with Gasteiger partial charge in [-0.25, -0.2) is 43.8 Å². The molecule has 24 nitrogen and oxygen atoms in total. The molecule has 2 N–H and O–H groups in total. The van der Waals surface area contributed by atoms with Crippen LogP contribution in [0.25, 0.3) is 95.8 Å². The second-order valence-electron chi connectivity index (χ2n) is 28.7. The smallest absolute Gasteiger partial charge is 0.464 e. The fourth-order valence-electron chi connectivity index (χ4n) is 13.6. The van der Waals surface area contributed by atoms with Crippen LogP contribution in [0.15, 0.2) is 120 Å². The number of esters is 1. The number of anilines is 1. The van der Waals surface area contributed by atoms with Crippen LogP contribution >= 0.6 is 220 Å². The van der Waals surface area contributed by atoms with Gasteiger partial charge in [-0.05, 0) is 98.2 Å². The zero-order chi connectivity index (χ0) is 93.1. The molecule has 1 unspecified atom stereocenters. The minimum Gasteiger partial charge on any atom is -0.464 e. The molecule has 1 saturated carbocycles. The van der Waals surface area contributed by atoms with Gasteiger partial charge < -0.3 is 54.7 Å². The Hall–Kier alpha value is -7.40. The maximum atomic E-state index is 12.9. The number of carbonyl (C=O) groups is 4. The van der Waals surface area contributed by atoms with Crippen LogP contribution in [0.2, 0.25) is 95.4 Å². The fourth-order valence-corrected chi connectivity index (χ4v) is 18.3. The van der Waals surface area contributed by atoms with Gasteiger partial charge in [-0.2, -0.15) is 18.3 Å². The standard InChI is InChI=1S/C32Cl16N8.C20H19F3N2O4.C17H20ClN3O.C13H13Cl2N3O3.Cu/c33-9-1-2(10(34)18(42)17(9)41)26-49-25(1)53-27-3-4(12(36)20(44)19(43)11(3)35)29(50-27)55-31-7-8(16(40)24(48)23(47)15(7)39)32(52-31)56-30-6-5(28(51-30)54-26)13(37)21(45)22(46)14(6)38;1-13(14-8-6-9-16(11-14)20(21,22)23)24-29-12-15-7-4-5-10-17(15)18(25-28-3)19(26)27-2;1-16(2)8-7-14(9-13-3-5-15(18)6-4-13)17(16,22)10-21-12-19-11-20-21;1-7(2)16-12(20)17-6-11(19)18(13(17)21)10-4-8(14)3-9(15)5-10;/h;4-11H,12H2,1-3H3;3-6,9,11-12,22H,7-8,10H2,1-2H3;3-5,7H,6H2,1-2H3,(H,16,20);/q-2;;;;+2/b;24-13+,25-18-;14-9+;;. The molecule has 1 atom stereocenters. The second kappa shape index (κ2) is 40.8. The average molecular weight is 2180 g/mol. The number of fused-ring (bicyclic) bond motifs is 20. The van der Waals surface area contributed by atoms with E-state index in [1.165, 1.54) is 57.8 Å². The summed E-state index contributed by atoms with van der Waals surface area (Å²) >= 11 is 125.